The molecule has 0 radical (unpaired) electrons. The van der Waals surface area contributed by atoms with E-state index in [1.807, 2.05) is 0 Å². The van der Waals surface area contributed by atoms with Crippen LogP contribution in [0.15, 0.2) is 33.5 Å². The zero-order valence-corrected chi connectivity index (χ0v) is 10.6. The van der Waals surface area contributed by atoms with Crippen molar-refractivity contribution >= 4 is 28.5 Å². The zero-order valence-electron chi connectivity index (χ0n) is 9.89. The molecule has 0 aliphatic rings. The summed E-state index contributed by atoms with van der Waals surface area (Å²) in [6, 6.07) is 6.16. The second-order valence-electron chi connectivity index (χ2n) is 3.84. The van der Waals surface area contributed by atoms with Gasteiger partial charge in [0, 0.05) is 17.3 Å². The molecule has 0 spiro atoms. The van der Waals surface area contributed by atoms with Crippen LogP contribution in [0.25, 0.3) is 11.0 Å². The van der Waals surface area contributed by atoms with Crippen molar-refractivity contribution in [1.82, 2.24) is 0 Å². The number of benzene rings is 1. The molecule has 2 rings (SSSR count). The van der Waals surface area contributed by atoms with Gasteiger partial charge in [-0.3, -0.25) is 0 Å². The standard InChI is InChI=1S/C13H11ClO5/c14-4-1-5-18-9-3-2-8-6-10(12(15)16)13(17)19-11(8)7-9/h2-3,6-7H,1,4-5H2,(H,15,16). The van der Waals surface area contributed by atoms with Crippen molar-refractivity contribution in [2.24, 2.45) is 0 Å². The smallest absolute Gasteiger partial charge is 0.351 e. The van der Waals surface area contributed by atoms with Crippen LogP contribution in [0.2, 0.25) is 0 Å². The molecule has 1 N–H and O–H groups in total. The van der Waals surface area contributed by atoms with Crippen molar-refractivity contribution in [2.45, 2.75) is 6.42 Å². The van der Waals surface area contributed by atoms with E-state index in [-0.39, 0.29) is 5.56 Å². The molecule has 0 fully saturated rings. The number of carbonyl (C=O) groups is 1. The highest BCUT2D eigenvalue weighted by Gasteiger charge is 2.12. The lowest BCUT2D eigenvalue weighted by molar-refractivity contribution is 0.0692. The predicted molar refractivity (Wildman–Crippen MR) is 70.3 cm³/mol. The molecule has 100 valence electrons. The Balaban J connectivity index is 2.36. The molecule has 1 aromatic carbocycles. The Bertz CT molecular complexity index is 662. The number of hydrogen-bond acceptors (Lipinski definition) is 4. The second kappa shape index (κ2) is 5.75. The van der Waals surface area contributed by atoms with E-state index in [0.717, 1.165) is 0 Å². The van der Waals surface area contributed by atoms with Crippen LogP contribution in [0.5, 0.6) is 5.75 Å². The van der Waals surface area contributed by atoms with E-state index in [1.165, 1.54) is 6.07 Å². The van der Waals surface area contributed by atoms with Gasteiger partial charge in [-0.25, -0.2) is 9.59 Å². The third kappa shape index (κ3) is 3.06. The number of alkyl halides is 1. The molecule has 6 heteroatoms. The Kier molecular flexibility index (Phi) is 4.06. The molecule has 0 saturated carbocycles. The van der Waals surface area contributed by atoms with Crippen LogP contribution < -0.4 is 10.4 Å². The van der Waals surface area contributed by atoms with Crippen molar-refractivity contribution in [2.75, 3.05) is 12.5 Å². The third-order valence-corrected chi connectivity index (χ3v) is 2.75. The molecular weight excluding hydrogens is 272 g/mol. The van der Waals surface area contributed by atoms with E-state index >= 15 is 0 Å². The first-order valence-electron chi connectivity index (χ1n) is 5.62. The first-order valence-corrected chi connectivity index (χ1v) is 6.15. The fourth-order valence-corrected chi connectivity index (χ4v) is 1.68. The number of carboxylic acid groups (broad SMARTS) is 1. The fourth-order valence-electron chi connectivity index (χ4n) is 1.58. The lowest BCUT2D eigenvalue weighted by atomic mass is 10.2. The van der Waals surface area contributed by atoms with Gasteiger partial charge in [-0.15, -0.1) is 11.6 Å². The van der Waals surface area contributed by atoms with Crippen molar-refractivity contribution < 1.29 is 19.1 Å². The van der Waals surface area contributed by atoms with Crippen molar-refractivity contribution in [3.8, 4) is 5.75 Å². The summed E-state index contributed by atoms with van der Waals surface area (Å²) in [5.74, 6) is -0.258. The van der Waals surface area contributed by atoms with Crippen LogP contribution in [0.4, 0.5) is 0 Å². The van der Waals surface area contributed by atoms with Crippen LogP contribution in [0.1, 0.15) is 16.8 Å². The van der Waals surface area contributed by atoms with E-state index in [2.05, 4.69) is 0 Å². The molecule has 0 amide bonds. The molecule has 19 heavy (non-hydrogen) atoms. The van der Waals surface area contributed by atoms with E-state index in [9.17, 15) is 9.59 Å². The Morgan fingerprint density at radius 1 is 1.37 bits per heavy atom. The molecule has 0 saturated heterocycles. The van der Waals surface area contributed by atoms with Crippen molar-refractivity contribution in [1.29, 1.82) is 0 Å². The third-order valence-electron chi connectivity index (χ3n) is 2.48. The van der Waals surface area contributed by atoms with Gasteiger partial charge in [0.05, 0.1) is 6.61 Å². The summed E-state index contributed by atoms with van der Waals surface area (Å²) < 4.78 is 10.4. The van der Waals surface area contributed by atoms with E-state index in [4.69, 9.17) is 25.9 Å². The number of fused-ring (bicyclic) bond motifs is 1. The monoisotopic (exact) mass is 282 g/mol. The molecule has 0 bridgehead atoms. The summed E-state index contributed by atoms with van der Waals surface area (Å²) in [6.45, 7) is 0.465. The summed E-state index contributed by atoms with van der Waals surface area (Å²) in [4.78, 5) is 22.3. The number of ether oxygens (including phenoxy) is 1. The molecular formula is C13H11ClO5. The zero-order chi connectivity index (χ0) is 13.8. The topological polar surface area (TPSA) is 76.7 Å². The number of hydrogen-bond donors (Lipinski definition) is 1. The number of rotatable bonds is 5. The Morgan fingerprint density at radius 3 is 2.84 bits per heavy atom. The van der Waals surface area contributed by atoms with Crippen LogP contribution in [0.3, 0.4) is 0 Å². The van der Waals surface area contributed by atoms with Crippen LogP contribution in [-0.4, -0.2) is 23.6 Å². The van der Waals surface area contributed by atoms with Gasteiger partial charge in [0.1, 0.15) is 16.9 Å². The highest BCUT2D eigenvalue weighted by molar-refractivity contribution is 6.17. The number of halogens is 1. The Labute approximate surface area is 113 Å². The van der Waals surface area contributed by atoms with Gasteiger partial charge in [-0.05, 0) is 24.6 Å². The van der Waals surface area contributed by atoms with Gasteiger partial charge in [0.2, 0.25) is 0 Å². The lowest BCUT2D eigenvalue weighted by Crippen LogP contribution is -2.12. The maximum Gasteiger partial charge on any atom is 0.351 e. The second-order valence-corrected chi connectivity index (χ2v) is 4.22. The first-order chi connectivity index (χ1) is 9.11. The number of aromatic carboxylic acids is 1. The van der Waals surface area contributed by atoms with Crippen LogP contribution in [0, 0.1) is 0 Å². The summed E-state index contributed by atoms with van der Waals surface area (Å²) in [6.07, 6.45) is 0.710. The summed E-state index contributed by atoms with van der Waals surface area (Å²) in [5.41, 5.74) is -0.973. The Morgan fingerprint density at radius 2 is 2.16 bits per heavy atom. The average Bonchev–Trinajstić information content (AvgIpc) is 2.37. The molecule has 0 aliphatic heterocycles. The van der Waals surface area contributed by atoms with Gasteiger partial charge in [0.15, 0.2) is 0 Å². The minimum Gasteiger partial charge on any atom is -0.493 e. The van der Waals surface area contributed by atoms with E-state index < -0.39 is 11.6 Å². The highest BCUT2D eigenvalue weighted by atomic mass is 35.5. The largest absolute Gasteiger partial charge is 0.493 e. The molecule has 0 aliphatic carbocycles. The first kappa shape index (κ1) is 13.4. The van der Waals surface area contributed by atoms with Gasteiger partial charge in [-0.1, -0.05) is 0 Å². The Hall–Kier alpha value is -2.01. The molecule has 0 atom stereocenters. The summed E-state index contributed by atoms with van der Waals surface area (Å²) in [7, 11) is 0. The molecule has 1 aromatic heterocycles. The summed E-state index contributed by atoms with van der Waals surface area (Å²) >= 11 is 5.54. The quantitative estimate of drug-likeness (QED) is 0.518. The normalized spacial score (nSPS) is 10.6. The SMILES string of the molecule is O=C(O)c1cc2ccc(OCCCCl)cc2oc1=O. The minimum atomic E-state index is -1.31. The summed E-state index contributed by atoms with van der Waals surface area (Å²) in [5, 5.41) is 9.36. The molecule has 2 aromatic rings. The number of carboxylic acids is 1. The van der Waals surface area contributed by atoms with Crippen molar-refractivity contribution in [3.63, 3.8) is 0 Å². The van der Waals surface area contributed by atoms with Crippen LogP contribution >= 0.6 is 11.6 Å². The molecule has 0 unspecified atom stereocenters. The molecule has 5 nitrogen and oxygen atoms in total. The highest BCUT2D eigenvalue weighted by Crippen LogP contribution is 2.20. The van der Waals surface area contributed by atoms with Gasteiger partial charge in [0.25, 0.3) is 0 Å². The van der Waals surface area contributed by atoms with E-state index in [1.54, 1.807) is 18.2 Å². The van der Waals surface area contributed by atoms with Gasteiger partial charge < -0.3 is 14.3 Å². The lowest BCUT2D eigenvalue weighted by Gasteiger charge is -2.05. The van der Waals surface area contributed by atoms with Crippen molar-refractivity contribution in [3.05, 3.63) is 40.2 Å². The molecule has 1 heterocycles. The predicted octanol–water partition coefficient (Wildman–Crippen LogP) is 2.50. The van der Waals surface area contributed by atoms with Gasteiger partial charge >= 0.3 is 11.6 Å². The van der Waals surface area contributed by atoms with Crippen LogP contribution in [-0.2, 0) is 0 Å². The average molecular weight is 283 g/mol. The maximum atomic E-state index is 11.4. The van der Waals surface area contributed by atoms with E-state index in [0.29, 0.717) is 35.6 Å². The van der Waals surface area contributed by atoms with Gasteiger partial charge in [-0.2, -0.15) is 0 Å². The fraction of sp³-hybridized carbons (Fsp3) is 0.231. The maximum absolute atomic E-state index is 11.4. The minimum absolute atomic E-state index is 0.290.